The molecule has 51 heavy (non-hydrogen) atoms. The fourth-order valence-corrected chi connectivity index (χ4v) is 2.83. The van der Waals surface area contributed by atoms with E-state index in [1.165, 1.54) is 0 Å². The summed E-state index contributed by atoms with van der Waals surface area (Å²) in [4.78, 5) is 10.7. The number of ether oxygens (including phenoxy) is 1. The molecule has 33 heteroatoms. The van der Waals surface area contributed by atoms with Gasteiger partial charge in [-0.1, -0.05) is 6.58 Å². The van der Waals surface area contributed by atoms with Gasteiger partial charge < -0.3 is 4.74 Å². The summed E-state index contributed by atoms with van der Waals surface area (Å²) in [5.74, 6) is -128. The maximum absolute atomic E-state index is 14.0. The molecule has 0 aliphatic rings. The maximum Gasteiger partial charge on any atom is 0.467 e. The van der Waals surface area contributed by atoms with Gasteiger partial charge in [-0.2, -0.15) is 136 Å². The van der Waals surface area contributed by atoms with E-state index in [9.17, 15) is 141 Å². The van der Waals surface area contributed by atoms with Gasteiger partial charge in [-0.15, -0.1) is 0 Å². The van der Waals surface area contributed by atoms with Crippen LogP contribution in [0.4, 0.5) is 136 Å². The van der Waals surface area contributed by atoms with Gasteiger partial charge in [-0.25, -0.2) is 4.79 Å². The van der Waals surface area contributed by atoms with Gasteiger partial charge in [-0.05, 0) is 0 Å². The van der Waals surface area contributed by atoms with Gasteiger partial charge >= 0.3 is 95.2 Å². The Morgan fingerprint density at radius 2 is 0.490 bits per heavy atom. The molecule has 2 nitrogen and oxygen atoms in total. The Bertz CT molecular complexity index is 1310. The number of hydrogen-bond donors (Lipinski definition) is 0. The lowest BCUT2D eigenvalue weighted by Crippen LogP contribution is -2.79. The van der Waals surface area contributed by atoms with Crippen molar-refractivity contribution >= 4 is 5.97 Å². The molecule has 0 bridgehead atoms. The van der Waals surface area contributed by atoms with E-state index in [0.717, 1.165) is 0 Å². The van der Waals surface area contributed by atoms with Crippen molar-refractivity contribution in [3.05, 3.63) is 12.7 Å². The second-order valence-corrected chi connectivity index (χ2v) is 9.11. The fraction of sp³-hybridized carbons (Fsp3) is 0.833. The minimum absolute atomic E-state index is 0.975. The van der Waals surface area contributed by atoms with Crippen LogP contribution in [0.25, 0.3) is 0 Å². The number of hydrogen-bond acceptors (Lipinski definition) is 2. The van der Waals surface area contributed by atoms with Crippen LogP contribution in [0.1, 0.15) is 0 Å². The molecule has 0 radical (unpaired) electrons. The third kappa shape index (κ3) is 5.64. The van der Waals surface area contributed by atoms with E-state index in [0.29, 0.717) is 0 Å². The molecule has 0 rings (SSSR count). The number of esters is 1. The van der Waals surface area contributed by atoms with Crippen LogP contribution in [0.2, 0.25) is 0 Å². The summed E-state index contributed by atoms with van der Waals surface area (Å²) in [6, 6.07) is 0. The van der Waals surface area contributed by atoms with E-state index in [1.54, 1.807) is 0 Å². The van der Waals surface area contributed by atoms with Crippen molar-refractivity contribution in [2.45, 2.75) is 89.3 Å². The van der Waals surface area contributed by atoms with E-state index >= 15 is 0 Å². The molecule has 0 N–H and O–H groups in total. The largest absolute Gasteiger partial charge is 0.467 e. The number of carbonyl (C=O) groups excluding carboxylic acids is 1. The molecule has 0 aromatic carbocycles. The molecular weight excluding hydrogens is 837 g/mol. The van der Waals surface area contributed by atoms with Crippen LogP contribution in [0.3, 0.4) is 0 Å². The average Bonchev–Trinajstić information content (AvgIpc) is 2.90. The highest BCUT2D eigenvalue weighted by molar-refractivity contribution is 5.81. The highest BCUT2D eigenvalue weighted by atomic mass is 19.4. The topological polar surface area (TPSA) is 26.3 Å². The molecule has 1 atom stereocenters. The van der Waals surface area contributed by atoms with Gasteiger partial charge in [0.2, 0.25) is 0 Å². The van der Waals surface area contributed by atoms with Crippen molar-refractivity contribution < 1.29 is 146 Å². The van der Waals surface area contributed by atoms with Gasteiger partial charge in [0.05, 0.1) is 0 Å². The second kappa shape index (κ2) is 11.8. The summed E-state index contributed by atoms with van der Waals surface area (Å²) in [6.07, 6.45) is -17.5. The normalized spacial score (nSPS) is 17.6. The van der Waals surface area contributed by atoms with Crippen LogP contribution in [0.5, 0.6) is 0 Å². The van der Waals surface area contributed by atoms with Crippen LogP contribution < -0.4 is 0 Å². The van der Waals surface area contributed by atoms with Crippen LogP contribution in [-0.4, -0.2) is 95.2 Å². The smallest absolute Gasteiger partial charge is 0.411 e. The van der Waals surface area contributed by atoms with Crippen molar-refractivity contribution in [2.24, 2.45) is 0 Å². The Balaban J connectivity index is 7.77. The molecule has 0 aromatic heterocycles. The van der Waals surface area contributed by atoms with E-state index in [2.05, 4.69) is 0 Å². The number of halogens is 31. The maximum atomic E-state index is 14.0. The number of rotatable bonds is 14. The van der Waals surface area contributed by atoms with Crippen LogP contribution >= 0.6 is 0 Å². The SMILES string of the molecule is C=CC(=O)OC(F)(C(F)(F)F)C(F)(F)C(F)(F)C(F)(F)C(F)(F)C(F)(F)C(F)(F)C(F)(F)C(F)(F)C(F)(F)C(F)(F)C(F)(F)C(F)(F)C(F)(F)F. The Kier molecular flexibility index (Phi) is 11.1. The Morgan fingerprint density at radius 1 is 0.314 bits per heavy atom. The first-order valence-electron chi connectivity index (χ1n) is 10.7. The van der Waals surface area contributed by atoms with Crippen LogP contribution in [0.15, 0.2) is 12.7 Å². The van der Waals surface area contributed by atoms with E-state index in [1.807, 2.05) is 11.3 Å². The van der Waals surface area contributed by atoms with Crippen molar-refractivity contribution in [1.29, 1.82) is 0 Å². The van der Waals surface area contributed by atoms with Crippen LogP contribution in [0, 0.1) is 0 Å². The van der Waals surface area contributed by atoms with E-state index < -0.39 is 101 Å². The molecule has 0 fully saturated rings. The Hall–Kier alpha value is -2.96. The highest BCUT2D eigenvalue weighted by Crippen LogP contribution is 2.69. The van der Waals surface area contributed by atoms with Gasteiger partial charge in [0.15, 0.2) is 0 Å². The third-order valence-corrected chi connectivity index (χ3v) is 5.87. The molecular formula is C18H3F31O2. The lowest BCUT2D eigenvalue weighted by molar-refractivity contribution is -0.493. The lowest BCUT2D eigenvalue weighted by atomic mass is 9.83. The monoisotopic (exact) mass is 840 g/mol. The molecule has 0 aliphatic carbocycles. The average molecular weight is 840 g/mol. The third-order valence-electron chi connectivity index (χ3n) is 5.87. The van der Waals surface area contributed by atoms with Crippen LogP contribution in [-0.2, 0) is 9.53 Å². The highest BCUT2D eigenvalue weighted by Gasteiger charge is 3.01. The van der Waals surface area contributed by atoms with Gasteiger partial charge in [0.1, 0.15) is 0 Å². The van der Waals surface area contributed by atoms with E-state index in [-0.39, 0.29) is 0 Å². The van der Waals surface area contributed by atoms with Crippen molar-refractivity contribution in [3.63, 3.8) is 0 Å². The van der Waals surface area contributed by atoms with Gasteiger partial charge in [0, 0.05) is 6.08 Å². The Morgan fingerprint density at radius 3 is 0.647 bits per heavy atom. The first-order valence-corrected chi connectivity index (χ1v) is 10.7. The summed E-state index contributed by atoms with van der Waals surface area (Å²) in [6.45, 7) is 1.98. The lowest BCUT2D eigenvalue weighted by Gasteiger charge is -2.46. The van der Waals surface area contributed by atoms with E-state index in [4.69, 9.17) is 0 Å². The predicted octanol–water partition coefficient (Wildman–Crippen LogP) is 10.1. The zero-order valence-electron chi connectivity index (χ0n) is 21.8. The standard InChI is InChI=1S/C18H3F31O2/c1-2-3(50)51-16(43,18(47,48)49)14(39,40)12(35,36)10(31,32)8(27,28)6(23,24)4(19,20)5(21,22)7(25,26)9(29,30)11(33,34)13(37,38)15(41,42)17(44,45)46/h2H,1H2. The number of alkyl halides is 31. The first kappa shape index (κ1) is 48.0. The van der Waals surface area contributed by atoms with Crippen molar-refractivity contribution in [3.8, 4) is 0 Å². The molecule has 304 valence electrons. The van der Waals surface area contributed by atoms with Crippen molar-refractivity contribution in [2.75, 3.05) is 0 Å². The summed E-state index contributed by atoms with van der Waals surface area (Å²) < 4.78 is 417. The summed E-state index contributed by atoms with van der Waals surface area (Å²) in [5.41, 5.74) is 0. The van der Waals surface area contributed by atoms with Gasteiger partial charge in [-0.3, -0.25) is 0 Å². The minimum Gasteiger partial charge on any atom is -0.411 e. The summed E-state index contributed by atoms with van der Waals surface area (Å²) >= 11 is 0. The zero-order valence-corrected chi connectivity index (χ0v) is 21.8. The second-order valence-electron chi connectivity index (χ2n) is 9.11. The summed E-state index contributed by atoms with van der Waals surface area (Å²) in [5, 5.41) is 0. The van der Waals surface area contributed by atoms with Gasteiger partial charge in [0.25, 0.3) is 0 Å². The zero-order chi connectivity index (χ0) is 42.5. The number of carbonyl (C=O) groups is 1. The molecule has 0 aromatic rings. The molecule has 0 aliphatic heterocycles. The molecule has 0 amide bonds. The first-order chi connectivity index (χ1) is 21.5. The molecule has 0 saturated carbocycles. The minimum atomic E-state index is -10.1. The molecule has 1 unspecified atom stereocenters. The quantitative estimate of drug-likeness (QED) is 0.0990. The molecule has 0 spiro atoms. The Labute approximate surface area is 255 Å². The summed E-state index contributed by atoms with van der Waals surface area (Å²) in [7, 11) is 0. The fourth-order valence-electron chi connectivity index (χ4n) is 2.83. The molecule has 0 saturated heterocycles. The van der Waals surface area contributed by atoms with Crippen molar-refractivity contribution in [1.82, 2.24) is 0 Å². The predicted molar refractivity (Wildman–Crippen MR) is 91.6 cm³/mol. The molecule has 0 heterocycles.